The van der Waals surface area contributed by atoms with E-state index in [9.17, 15) is 0 Å². The highest BCUT2D eigenvalue weighted by atomic mass is 35.5. The number of pyridine rings is 1. The number of nitrogens with two attached hydrogens (primary N) is 1. The summed E-state index contributed by atoms with van der Waals surface area (Å²) < 4.78 is 5.44. The number of ether oxygens (including phenoxy) is 1. The number of methoxy groups -OCH3 is 1. The molecule has 0 fully saturated rings. The van der Waals surface area contributed by atoms with Crippen molar-refractivity contribution in [3.05, 3.63) is 57.4 Å². The molecule has 0 amide bonds. The summed E-state index contributed by atoms with van der Waals surface area (Å²) >= 11 is 6.07. The minimum Gasteiger partial charge on any atom is -0.496 e. The SMILES string of the molecule is COc1c(C)cnc(CC(N)c2cc(Cl)ccc2C)c1C. The molecule has 4 heteroatoms. The van der Waals surface area contributed by atoms with Crippen LogP contribution in [0.15, 0.2) is 24.4 Å². The van der Waals surface area contributed by atoms with Crippen LogP contribution in [-0.4, -0.2) is 12.1 Å². The van der Waals surface area contributed by atoms with Crippen LogP contribution in [0.2, 0.25) is 5.02 Å². The minimum absolute atomic E-state index is 0.137. The number of rotatable bonds is 4. The fraction of sp³-hybridized carbons (Fsp3) is 0.353. The Hall–Kier alpha value is -1.58. The molecule has 0 aliphatic rings. The fourth-order valence-corrected chi connectivity index (χ4v) is 2.79. The van der Waals surface area contributed by atoms with Crippen molar-refractivity contribution in [3.63, 3.8) is 0 Å². The topological polar surface area (TPSA) is 48.1 Å². The Kier molecular flexibility index (Phi) is 4.86. The van der Waals surface area contributed by atoms with Gasteiger partial charge in [-0.15, -0.1) is 0 Å². The van der Waals surface area contributed by atoms with Crippen LogP contribution in [0.25, 0.3) is 0 Å². The van der Waals surface area contributed by atoms with Crippen molar-refractivity contribution < 1.29 is 4.74 Å². The normalized spacial score (nSPS) is 12.3. The molecule has 0 spiro atoms. The monoisotopic (exact) mass is 304 g/mol. The van der Waals surface area contributed by atoms with Crippen LogP contribution in [0.3, 0.4) is 0 Å². The van der Waals surface area contributed by atoms with Gasteiger partial charge >= 0.3 is 0 Å². The van der Waals surface area contributed by atoms with E-state index in [1.807, 2.05) is 45.2 Å². The Morgan fingerprint density at radius 2 is 1.95 bits per heavy atom. The molecule has 0 radical (unpaired) electrons. The maximum atomic E-state index is 6.36. The van der Waals surface area contributed by atoms with Crippen LogP contribution in [0, 0.1) is 20.8 Å². The van der Waals surface area contributed by atoms with Gasteiger partial charge in [0.25, 0.3) is 0 Å². The molecule has 1 unspecified atom stereocenters. The van der Waals surface area contributed by atoms with Crippen LogP contribution < -0.4 is 10.5 Å². The van der Waals surface area contributed by atoms with Crippen LogP contribution in [0.5, 0.6) is 5.75 Å². The molecule has 0 aliphatic heterocycles. The van der Waals surface area contributed by atoms with Gasteiger partial charge in [0, 0.05) is 40.5 Å². The lowest BCUT2D eigenvalue weighted by atomic mass is 9.96. The Bertz CT molecular complexity index is 655. The van der Waals surface area contributed by atoms with Gasteiger partial charge in [0.2, 0.25) is 0 Å². The summed E-state index contributed by atoms with van der Waals surface area (Å²) in [7, 11) is 1.68. The molecule has 2 aromatic rings. The van der Waals surface area contributed by atoms with Crippen molar-refractivity contribution >= 4 is 11.6 Å². The van der Waals surface area contributed by atoms with Gasteiger partial charge in [-0.05, 0) is 44.0 Å². The zero-order valence-corrected chi connectivity index (χ0v) is 13.7. The standard InChI is InChI=1S/C17H21ClN2O/c1-10-5-6-13(18)7-14(10)15(19)8-16-12(3)17(21-4)11(2)9-20-16/h5-7,9,15H,8,19H2,1-4H3. The van der Waals surface area contributed by atoms with Crippen molar-refractivity contribution in [2.75, 3.05) is 7.11 Å². The third-order valence-electron chi connectivity index (χ3n) is 3.80. The summed E-state index contributed by atoms with van der Waals surface area (Å²) in [5.41, 5.74) is 11.6. The molecule has 0 bridgehead atoms. The third-order valence-corrected chi connectivity index (χ3v) is 4.04. The predicted octanol–water partition coefficient (Wildman–Crippen LogP) is 3.91. The van der Waals surface area contributed by atoms with Crippen molar-refractivity contribution in [3.8, 4) is 5.75 Å². The van der Waals surface area contributed by atoms with Gasteiger partial charge in [-0.2, -0.15) is 0 Å². The number of aromatic nitrogens is 1. The maximum absolute atomic E-state index is 6.36. The molecule has 112 valence electrons. The maximum Gasteiger partial charge on any atom is 0.128 e. The van der Waals surface area contributed by atoms with E-state index in [1.165, 1.54) is 0 Å². The summed E-state index contributed by atoms with van der Waals surface area (Å²) in [4.78, 5) is 4.51. The first kappa shape index (κ1) is 15.8. The number of hydrogen-bond donors (Lipinski definition) is 1. The van der Waals surface area contributed by atoms with E-state index >= 15 is 0 Å². The van der Waals surface area contributed by atoms with Gasteiger partial charge in [0.05, 0.1) is 7.11 Å². The molecule has 0 aliphatic carbocycles. The molecule has 1 aromatic carbocycles. The number of halogens is 1. The van der Waals surface area contributed by atoms with E-state index in [-0.39, 0.29) is 6.04 Å². The molecule has 1 aromatic heterocycles. The molecule has 1 heterocycles. The van der Waals surface area contributed by atoms with E-state index < -0.39 is 0 Å². The molecule has 2 rings (SSSR count). The van der Waals surface area contributed by atoms with Gasteiger partial charge in [-0.1, -0.05) is 17.7 Å². The predicted molar refractivity (Wildman–Crippen MR) is 87.1 cm³/mol. The van der Waals surface area contributed by atoms with Crippen LogP contribution >= 0.6 is 11.6 Å². The van der Waals surface area contributed by atoms with Crippen LogP contribution in [-0.2, 0) is 6.42 Å². The average molecular weight is 305 g/mol. The Balaban J connectivity index is 2.32. The third kappa shape index (κ3) is 3.36. The van der Waals surface area contributed by atoms with E-state index in [0.29, 0.717) is 11.4 Å². The first-order valence-corrected chi connectivity index (χ1v) is 7.32. The van der Waals surface area contributed by atoms with Crippen LogP contribution in [0.4, 0.5) is 0 Å². The zero-order valence-electron chi connectivity index (χ0n) is 12.9. The Labute approximate surface area is 131 Å². The van der Waals surface area contributed by atoms with Gasteiger partial charge in [0.1, 0.15) is 5.75 Å². The van der Waals surface area contributed by atoms with Gasteiger partial charge in [-0.25, -0.2) is 0 Å². The molecule has 0 saturated carbocycles. The summed E-state index contributed by atoms with van der Waals surface area (Å²) in [6, 6.07) is 5.67. The minimum atomic E-state index is -0.137. The number of aryl methyl sites for hydroxylation is 2. The summed E-state index contributed by atoms with van der Waals surface area (Å²) in [5, 5.41) is 0.706. The van der Waals surface area contributed by atoms with Gasteiger partial charge in [-0.3, -0.25) is 4.98 Å². The number of hydrogen-bond acceptors (Lipinski definition) is 3. The molecule has 21 heavy (non-hydrogen) atoms. The second-order valence-electron chi connectivity index (χ2n) is 5.36. The highest BCUT2D eigenvalue weighted by Gasteiger charge is 2.15. The first-order valence-electron chi connectivity index (χ1n) is 6.94. The largest absolute Gasteiger partial charge is 0.496 e. The van der Waals surface area contributed by atoms with E-state index in [2.05, 4.69) is 4.98 Å². The lowest BCUT2D eigenvalue weighted by molar-refractivity contribution is 0.406. The van der Waals surface area contributed by atoms with E-state index in [1.54, 1.807) is 7.11 Å². The Morgan fingerprint density at radius 1 is 1.24 bits per heavy atom. The molecular weight excluding hydrogens is 284 g/mol. The Morgan fingerprint density at radius 3 is 2.62 bits per heavy atom. The number of benzene rings is 1. The molecule has 0 saturated heterocycles. The van der Waals surface area contributed by atoms with Gasteiger partial charge < -0.3 is 10.5 Å². The second-order valence-corrected chi connectivity index (χ2v) is 5.79. The smallest absolute Gasteiger partial charge is 0.128 e. The summed E-state index contributed by atoms with van der Waals surface area (Å²) in [5.74, 6) is 0.884. The highest BCUT2D eigenvalue weighted by Crippen LogP contribution is 2.28. The average Bonchev–Trinajstić information content (AvgIpc) is 2.45. The van der Waals surface area contributed by atoms with E-state index in [0.717, 1.165) is 33.7 Å². The molecule has 2 N–H and O–H groups in total. The highest BCUT2D eigenvalue weighted by molar-refractivity contribution is 6.30. The van der Waals surface area contributed by atoms with Crippen molar-refractivity contribution in [1.29, 1.82) is 0 Å². The van der Waals surface area contributed by atoms with E-state index in [4.69, 9.17) is 22.1 Å². The number of nitrogens with zero attached hydrogens (tertiary/aromatic N) is 1. The second kappa shape index (κ2) is 6.46. The lowest BCUT2D eigenvalue weighted by Crippen LogP contribution is -2.16. The van der Waals surface area contributed by atoms with Crippen molar-refractivity contribution in [2.45, 2.75) is 33.2 Å². The summed E-state index contributed by atoms with van der Waals surface area (Å²) in [6.07, 6.45) is 2.49. The zero-order chi connectivity index (χ0) is 15.6. The van der Waals surface area contributed by atoms with Crippen LogP contribution in [0.1, 0.15) is 34.0 Å². The first-order chi connectivity index (χ1) is 9.93. The van der Waals surface area contributed by atoms with Gasteiger partial charge in [0.15, 0.2) is 0 Å². The molecular formula is C17H21ClN2O. The molecule has 3 nitrogen and oxygen atoms in total. The molecule has 1 atom stereocenters. The lowest BCUT2D eigenvalue weighted by Gasteiger charge is -2.18. The quantitative estimate of drug-likeness (QED) is 0.931. The van der Waals surface area contributed by atoms with Crippen molar-refractivity contribution in [1.82, 2.24) is 4.98 Å². The summed E-state index contributed by atoms with van der Waals surface area (Å²) in [6.45, 7) is 6.05. The van der Waals surface area contributed by atoms with Crippen molar-refractivity contribution in [2.24, 2.45) is 5.73 Å². The fourth-order valence-electron chi connectivity index (χ4n) is 2.61.